The third kappa shape index (κ3) is 1.43. The van der Waals surface area contributed by atoms with Crippen molar-refractivity contribution in [1.82, 2.24) is 4.90 Å². The summed E-state index contributed by atoms with van der Waals surface area (Å²) in [6.45, 7) is 7.17. The smallest absolute Gasteiger partial charge is 0.346 e. The van der Waals surface area contributed by atoms with Gasteiger partial charge in [0.1, 0.15) is 11.4 Å². The van der Waals surface area contributed by atoms with Crippen LogP contribution in [0.4, 0.5) is 4.79 Å². The van der Waals surface area contributed by atoms with Gasteiger partial charge in [-0.1, -0.05) is 20.8 Å². The second-order valence-corrected chi connectivity index (χ2v) is 5.33. The Balaban J connectivity index is 2.19. The number of nitrogens with two attached hydrogens (primary N) is 1. The lowest BCUT2D eigenvalue weighted by Gasteiger charge is -2.49. The first kappa shape index (κ1) is 10.5. The third-order valence-corrected chi connectivity index (χ3v) is 3.36. The predicted octanol–water partition coefficient (Wildman–Crippen LogP) is 1.60. The minimum absolute atomic E-state index is 0.145. The molecule has 2 N–H and O–H groups in total. The predicted molar refractivity (Wildman–Crippen MR) is 59.7 cm³/mol. The molecule has 2 rings (SSSR count). The number of rotatable bonds is 2. The van der Waals surface area contributed by atoms with Crippen molar-refractivity contribution < 1.29 is 4.79 Å². The van der Waals surface area contributed by atoms with Crippen LogP contribution in [0.2, 0.25) is 0 Å². The van der Waals surface area contributed by atoms with E-state index in [4.69, 9.17) is 5.73 Å². The normalized spacial score (nSPS) is 34.9. The Morgan fingerprint density at radius 3 is 2.67 bits per heavy atom. The highest BCUT2D eigenvalue weighted by Crippen LogP contribution is 2.45. The molecule has 2 amide bonds. The SMILES string of the molecule is CC(C)CN1C(=O)N=C(N)C12CC(C)C2. The Kier molecular flexibility index (Phi) is 2.24. The molecule has 0 aromatic heterocycles. The van der Waals surface area contributed by atoms with Crippen LogP contribution >= 0.6 is 0 Å². The van der Waals surface area contributed by atoms with Crippen LogP contribution in [0.25, 0.3) is 0 Å². The fourth-order valence-electron chi connectivity index (χ4n) is 2.73. The summed E-state index contributed by atoms with van der Waals surface area (Å²) >= 11 is 0. The van der Waals surface area contributed by atoms with Gasteiger partial charge in [0.25, 0.3) is 0 Å². The van der Waals surface area contributed by atoms with Crippen molar-refractivity contribution in [2.45, 2.75) is 39.2 Å². The average Bonchev–Trinajstić information content (AvgIpc) is 2.27. The van der Waals surface area contributed by atoms with E-state index in [1.807, 2.05) is 4.90 Å². The highest BCUT2D eigenvalue weighted by molar-refractivity contribution is 6.06. The summed E-state index contributed by atoms with van der Waals surface area (Å²) in [5, 5.41) is 0. The molecule has 0 radical (unpaired) electrons. The van der Waals surface area contributed by atoms with Gasteiger partial charge in [0, 0.05) is 6.54 Å². The van der Waals surface area contributed by atoms with Crippen LogP contribution in [0.1, 0.15) is 33.6 Å². The van der Waals surface area contributed by atoms with Gasteiger partial charge in [0.15, 0.2) is 0 Å². The largest absolute Gasteiger partial charge is 0.385 e. The molecule has 2 aliphatic rings. The third-order valence-electron chi connectivity index (χ3n) is 3.36. The molecule has 1 heterocycles. The first-order valence-electron chi connectivity index (χ1n) is 5.62. The van der Waals surface area contributed by atoms with Gasteiger partial charge in [-0.3, -0.25) is 0 Å². The fraction of sp³-hybridized carbons (Fsp3) is 0.818. The molecule has 1 aliphatic carbocycles. The summed E-state index contributed by atoms with van der Waals surface area (Å²) in [5.41, 5.74) is 5.66. The Hall–Kier alpha value is -1.06. The van der Waals surface area contributed by atoms with Gasteiger partial charge in [-0.2, -0.15) is 4.99 Å². The summed E-state index contributed by atoms with van der Waals surface area (Å²) < 4.78 is 0. The number of carbonyl (C=O) groups is 1. The number of hydrogen-bond donors (Lipinski definition) is 1. The van der Waals surface area contributed by atoms with Gasteiger partial charge < -0.3 is 10.6 Å². The van der Waals surface area contributed by atoms with Crippen LogP contribution in [-0.4, -0.2) is 28.9 Å². The molecule has 1 spiro atoms. The molecule has 1 saturated carbocycles. The Bertz CT molecular complexity index is 316. The van der Waals surface area contributed by atoms with Crippen molar-refractivity contribution in [2.75, 3.05) is 6.54 Å². The lowest BCUT2D eigenvalue weighted by atomic mass is 9.67. The highest BCUT2D eigenvalue weighted by Gasteiger charge is 2.55. The van der Waals surface area contributed by atoms with Crippen molar-refractivity contribution in [3.63, 3.8) is 0 Å². The maximum atomic E-state index is 11.7. The van der Waals surface area contributed by atoms with Crippen LogP contribution in [0.5, 0.6) is 0 Å². The Morgan fingerprint density at radius 1 is 1.60 bits per heavy atom. The van der Waals surface area contributed by atoms with E-state index in [2.05, 4.69) is 25.8 Å². The van der Waals surface area contributed by atoms with E-state index in [0.717, 1.165) is 19.4 Å². The monoisotopic (exact) mass is 209 g/mol. The summed E-state index contributed by atoms with van der Waals surface area (Å²) in [6, 6.07) is -0.145. The van der Waals surface area contributed by atoms with Gasteiger partial charge in [-0.15, -0.1) is 0 Å². The number of amides is 2. The van der Waals surface area contributed by atoms with E-state index in [9.17, 15) is 4.79 Å². The molecule has 4 nitrogen and oxygen atoms in total. The minimum Gasteiger partial charge on any atom is -0.385 e. The Morgan fingerprint density at radius 2 is 2.20 bits per heavy atom. The second kappa shape index (κ2) is 3.22. The number of aliphatic imine (C=N–C) groups is 1. The Labute approximate surface area is 90.5 Å². The molecular weight excluding hydrogens is 190 g/mol. The van der Waals surface area contributed by atoms with E-state index >= 15 is 0 Å². The van der Waals surface area contributed by atoms with Gasteiger partial charge in [0.05, 0.1) is 0 Å². The van der Waals surface area contributed by atoms with Crippen LogP contribution < -0.4 is 5.73 Å². The zero-order valence-electron chi connectivity index (χ0n) is 9.66. The summed E-state index contributed by atoms with van der Waals surface area (Å²) in [4.78, 5) is 17.5. The van der Waals surface area contributed by atoms with E-state index < -0.39 is 0 Å². The molecule has 1 fully saturated rings. The van der Waals surface area contributed by atoms with Gasteiger partial charge >= 0.3 is 6.03 Å². The van der Waals surface area contributed by atoms with Crippen LogP contribution in [-0.2, 0) is 0 Å². The number of carbonyl (C=O) groups excluding carboxylic acids is 1. The van der Waals surface area contributed by atoms with E-state index in [1.165, 1.54) is 0 Å². The molecule has 4 heteroatoms. The van der Waals surface area contributed by atoms with E-state index in [-0.39, 0.29) is 11.6 Å². The van der Waals surface area contributed by atoms with E-state index in [0.29, 0.717) is 17.7 Å². The average molecular weight is 209 g/mol. The molecule has 0 unspecified atom stereocenters. The lowest BCUT2D eigenvalue weighted by molar-refractivity contribution is 0.0687. The quantitative estimate of drug-likeness (QED) is 0.751. The first-order valence-corrected chi connectivity index (χ1v) is 5.62. The van der Waals surface area contributed by atoms with Crippen molar-refractivity contribution in [1.29, 1.82) is 0 Å². The van der Waals surface area contributed by atoms with Crippen molar-refractivity contribution in [3.8, 4) is 0 Å². The van der Waals surface area contributed by atoms with Crippen LogP contribution in [0.3, 0.4) is 0 Å². The van der Waals surface area contributed by atoms with Gasteiger partial charge in [-0.25, -0.2) is 4.79 Å². The highest BCUT2D eigenvalue weighted by atomic mass is 16.2. The molecule has 0 saturated heterocycles. The zero-order valence-corrected chi connectivity index (χ0v) is 9.66. The zero-order chi connectivity index (χ0) is 11.2. The molecule has 15 heavy (non-hydrogen) atoms. The minimum atomic E-state index is -0.221. The lowest BCUT2D eigenvalue weighted by Crippen LogP contribution is -2.62. The molecule has 84 valence electrons. The van der Waals surface area contributed by atoms with E-state index in [1.54, 1.807) is 0 Å². The fourth-order valence-corrected chi connectivity index (χ4v) is 2.73. The second-order valence-electron chi connectivity index (χ2n) is 5.33. The molecule has 0 bridgehead atoms. The number of urea groups is 1. The number of nitrogens with zero attached hydrogens (tertiary/aromatic N) is 2. The van der Waals surface area contributed by atoms with Crippen molar-refractivity contribution >= 4 is 11.9 Å². The van der Waals surface area contributed by atoms with Crippen LogP contribution in [0, 0.1) is 11.8 Å². The maximum Gasteiger partial charge on any atom is 0.346 e. The van der Waals surface area contributed by atoms with Crippen LogP contribution in [0.15, 0.2) is 4.99 Å². The van der Waals surface area contributed by atoms with Gasteiger partial charge in [0.2, 0.25) is 0 Å². The summed E-state index contributed by atoms with van der Waals surface area (Å²) in [5.74, 6) is 1.65. The van der Waals surface area contributed by atoms with Crippen molar-refractivity contribution in [2.24, 2.45) is 22.6 Å². The molecule has 0 atom stereocenters. The molecule has 0 aromatic rings. The molecule has 1 aliphatic heterocycles. The summed E-state index contributed by atoms with van der Waals surface area (Å²) in [7, 11) is 0. The maximum absolute atomic E-state index is 11.7. The standard InChI is InChI=1S/C11H19N3O/c1-7(2)6-14-10(15)13-9(12)11(14)4-8(3)5-11/h7-8H,4-6H2,1-3H3,(H2,12,13,15). The van der Waals surface area contributed by atoms with Gasteiger partial charge in [-0.05, 0) is 24.7 Å². The molecular formula is C11H19N3O. The van der Waals surface area contributed by atoms with Crippen molar-refractivity contribution in [3.05, 3.63) is 0 Å². The first-order chi connectivity index (χ1) is 6.95. The number of amidine groups is 1. The topological polar surface area (TPSA) is 58.7 Å². The summed E-state index contributed by atoms with van der Waals surface area (Å²) in [6.07, 6.45) is 1.95. The molecule has 0 aromatic carbocycles. The number of hydrogen-bond acceptors (Lipinski definition) is 2.